The zero-order valence-corrected chi connectivity index (χ0v) is 10.9. The fraction of sp³-hybridized carbons (Fsp3) is 0.250. The van der Waals surface area contributed by atoms with Crippen LogP contribution >= 0.6 is 11.8 Å². The fourth-order valence-electron chi connectivity index (χ4n) is 1.32. The first kappa shape index (κ1) is 12.6. The molecule has 2 aromatic heterocycles. The van der Waals surface area contributed by atoms with E-state index in [0.29, 0.717) is 5.95 Å². The Morgan fingerprint density at radius 3 is 2.78 bits per heavy atom. The second-order valence-corrected chi connectivity index (χ2v) is 5.05. The van der Waals surface area contributed by atoms with E-state index < -0.39 is 0 Å². The minimum Gasteiger partial charge on any atom is -0.468 e. The van der Waals surface area contributed by atoms with Crippen molar-refractivity contribution in [2.24, 2.45) is 0 Å². The molecule has 0 aromatic carbocycles. The number of carbonyl (C=O) groups is 1. The summed E-state index contributed by atoms with van der Waals surface area (Å²) >= 11 is 1.44. The lowest BCUT2D eigenvalue weighted by atomic mass is 10.4. The van der Waals surface area contributed by atoms with E-state index in [1.165, 1.54) is 11.8 Å². The largest absolute Gasteiger partial charge is 0.468 e. The van der Waals surface area contributed by atoms with Gasteiger partial charge in [-0.2, -0.15) is 0 Å². The number of hydrogen-bond acceptors (Lipinski definition) is 5. The molecule has 0 radical (unpaired) electrons. The molecule has 0 bridgehead atoms. The molecule has 0 saturated carbocycles. The maximum atomic E-state index is 11.9. The molecule has 0 aliphatic carbocycles. The van der Waals surface area contributed by atoms with E-state index in [2.05, 4.69) is 15.3 Å². The molecule has 1 atom stereocenters. The van der Waals surface area contributed by atoms with E-state index in [1.54, 1.807) is 24.7 Å². The molecule has 1 N–H and O–H groups in total. The molecular weight excluding hydrogens is 250 g/mol. The molecule has 94 valence electrons. The van der Waals surface area contributed by atoms with Gasteiger partial charge in [0.05, 0.1) is 11.5 Å². The molecule has 0 saturated heterocycles. The molecule has 0 aliphatic rings. The van der Waals surface area contributed by atoms with Crippen molar-refractivity contribution in [3.63, 3.8) is 0 Å². The van der Waals surface area contributed by atoms with Crippen molar-refractivity contribution < 1.29 is 9.21 Å². The molecule has 6 heteroatoms. The van der Waals surface area contributed by atoms with Crippen LogP contribution in [0.1, 0.15) is 12.7 Å². The smallest absolute Gasteiger partial charge is 0.239 e. The summed E-state index contributed by atoms with van der Waals surface area (Å²) < 4.78 is 5.19. The van der Waals surface area contributed by atoms with Crippen LogP contribution in [0.25, 0.3) is 0 Å². The Bertz CT molecular complexity index is 527. The lowest BCUT2D eigenvalue weighted by molar-refractivity contribution is -0.115. The van der Waals surface area contributed by atoms with Crippen LogP contribution in [-0.2, 0) is 4.79 Å². The number of amides is 1. The highest BCUT2D eigenvalue weighted by Crippen LogP contribution is 2.27. The van der Waals surface area contributed by atoms with Crippen LogP contribution in [0.15, 0.2) is 40.1 Å². The average Bonchev–Trinajstić information content (AvgIpc) is 2.76. The summed E-state index contributed by atoms with van der Waals surface area (Å²) in [4.78, 5) is 20.8. The summed E-state index contributed by atoms with van der Waals surface area (Å²) in [7, 11) is 0. The van der Waals surface area contributed by atoms with Gasteiger partial charge in [0.25, 0.3) is 0 Å². The van der Waals surface area contributed by atoms with Gasteiger partial charge in [-0.3, -0.25) is 10.1 Å². The Morgan fingerprint density at radius 2 is 2.17 bits per heavy atom. The molecule has 1 amide bonds. The van der Waals surface area contributed by atoms with E-state index in [4.69, 9.17) is 4.42 Å². The molecule has 2 aromatic rings. The maximum Gasteiger partial charge on any atom is 0.239 e. The van der Waals surface area contributed by atoms with Crippen LogP contribution in [0.3, 0.4) is 0 Å². The molecule has 0 fully saturated rings. The SMILES string of the molecule is Cc1occc1SC(C)C(=O)Nc1ncccn1. The fourth-order valence-corrected chi connectivity index (χ4v) is 2.21. The molecule has 18 heavy (non-hydrogen) atoms. The van der Waals surface area contributed by atoms with Crippen molar-refractivity contribution in [3.05, 3.63) is 36.5 Å². The summed E-state index contributed by atoms with van der Waals surface area (Å²) in [5.41, 5.74) is 0. The number of carbonyl (C=O) groups excluding carboxylic acids is 1. The second kappa shape index (κ2) is 5.68. The van der Waals surface area contributed by atoms with Crippen LogP contribution < -0.4 is 5.32 Å². The highest BCUT2D eigenvalue weighted by molar-refractivity contribution is 8.00. The highest BCUT2D eigenvalue weighted by atomic mass is 32.2. The molecule has 0 aliphatic heterocycles. The number of hydrogen-bond donors (Lipinski definition) is 1. The second-order valence-electron chi connectivity index (χ2n) is 3.66. The Kier molecular flexibility index (Phi) is 3.99. The van der Waals surface area contributed by atoms with Crippen LogP contribution in [0.5, 0.6) is 0 Å². The molecule has 2 rings (SSSR count). The zero-order chi connectivity index (χ0) is 13.0. The summed E-state index contributed by atoms with van der Waals surface area (Å²) in [5.74, 6) is 1.00. The van der Waals surface area contributed by atoms with Crippen molar-refractivity contribution in [1.29, 1.82) is 0 Å². The van der Waals surface area contributed by atoms with E-state index >= 15 is 0 Å². The van der Waals surface area contributed by atoms with Crippen LogP contribution in [0, 0.1) is 6.92 Å². The van der Waals surface area contributed by atoms with Gasteiger partial charge in [-0.1, -0.05) is 0 Å². The van der Waals surface area contributed by atoms with E-state index in [9.17, 15) is 4.79 Å². The lowest BCUT2D eigenvalue weighted by Crippen LogP contribution is -2.23. The Morgan fingerprint density at radius 1 is 1.44 bits per heavy atom. The number of nitrogens with zero attached hydrogens (tertiary/aromatic N) is 2. The first-order chi connectivity index (χ1) is 8.66. The van der Waals surface area contributed by atoms with Crippen molar-refractivity contribution in [2.75, 3.05) is 5.32 Å². The van der Waals surface area contributed by atoms with Gasteiger partial charge in [-0.05, 0) is 26.0 Å². The van der Waals surface area contributed by atoms with Crippen LogP contribution in [0.2, 0.25) is 0 Å². The van der Waals surface area contributed by atoms with Gasteiger partial charge in [0.15, 0.2) is 0 Å². The van der Waals surface area contributed by atoms with E-state index in [0.717, 1.165) is 10.7 Å². The van der Waals surface area contributed by atoms with Crippen molar-refractivity contribution in [2.45, 2.75) is 24.0 Å². The highest BCUT2D eigenvalue weighted by Gasteiger charge is 2.17. The van der Waals surface area contributed by atoms with Gasteiger partial charge in [-0.15, -0.1) is 11.8 Å². The minimum absolute atomic E-state index is 0.133. The molecular formula is C12H13N3O2S. The molecule has 0 spiro atoms. The van der Waals surface area contributed by atoms with Gasteiger partial charge in [-0.25, -0.2) is 9.97 Å². The topological polar surface area (TPSA) is 68.0 Å². The van der Waals surface area contributed by atoms with Gasteiger partial charge >= 0.3 is 0 Å². The predicted molar refractivity (Wildman–Crippen MR) is 69.4 cm³/mol. The Balaban J connectivity index is 1.95. The van der Waals surface area contributed by atoms with Crippen molar-refractivity contribution in [3.8, 4) is 0 Å². The van der Waals surface area contributed by atoms with E-state index in [-0.39, 0.29) is 11.2 Å². The van der Waals surface area contributed by atoms with Gasteiger partial charge < -0.3 is 4.42 Å². The lowest BCUT2D eigenvalue weighted by Gasteiger charge is -2.09. The van der Waals surface area contributed by atoms with Crippen molar-refractivity contribution in [1.82, 2.24) is 9.97 Å². The Labute approximate surface area is 109 Å². The first-order valence-corrected chi connectivity index (χ1v) is 6.33. The first-order valence-electron chi connectivity index (χ1n) is 5.45. The average molecular weight is 263 g/mol. The number of thioether (sulfide) groups is 1. The van der Waals surface area contributed by atoms with Gasteiger partial charge in [0.2, 0.25) is 11.9 Å². The standard InChI is InChI=1S/C12H13N3O2S/c1-8-10(4-7-17-8)18-9(2)11(16)15-12-13-5-3-6-14-12/h3-7,9H,1-2H3,(H,13,14,15,16). The number of anilines is 1. The number of aromatic nitrogens is 2. The van der Waals surface area contributed by atoms with Gasteiger partial charge in [0, 0.05) is 17.3 Å². The third-order valence-corrected chi connectivity index (χ3v) is 3.53. The maximum absolute atomic E-state index is 11.9. The molecule has 2 heterocycles. The summed E-state index contributed by atoms with van der Waals surface area (Å²) in [6.45, 7) is 3.70. The molecule has 5 nitrogen and oxygen atoms in total. The van der Waals surface area contributed by atoms with E-state index in [1.807, 2.05) is 19.9 Å². The monoisotopic (exact) mass is 263 g/mol. The zero-order valence-electron chi connectivity index (χ0n) is 10.1. The van der Waals surface area contributed by atoms with Gasteiger partial charge in [0.1, 0.15) is 5.76 Å². The third kappa shape index (κ3) is 3.10. The summed E-state index contributed by atoms with van der Waals surface area (Å²) in [5, 5.41) is 2.42. The number of nitrogens with one attached hydrogen (secondary N) is 1. The summed E-state index contributed by atoms with van der Waals surface area (Å²) in [6.07, 6.45) is 4.78. The quantitative estimate of drug-likeness (QED) is 0.858. The normalized spacial score (nSPS) is 12.1. The minimum atomic E-state index is -0.245. The number of aryl methyl sites for hydroxylation is 1. The Hall–Kier alpha value is -1.82. The van der Waals surface area contributed by atoms with Crippen LogP contribution in [0.4, 0.5) is 5.95 Å². The third-order valence-electron chi connectivity index (χ3n) is 2.28. The number of rotatable bonds is 4. The number of furan rings is 1. The molecule has 1 unspecified atom stereocenters. The van der Waals surface area contributed by atoms with Crippen LogP contribution in [-0.4, -0.2) is 21.1 Å². The summed E-state index contributed by atoms with van der Waals surface area (Å²) in [6, 6.07) is 3.55. The predicted octanol–water partition coefficient (Wildman–Crippen LogP) is 2.50. The van der Waals surface area contributed by atoms with Crippen molar-refractivity contribution >= 4 is 23.6 Å².